The standard InChI is InChI=1S/C14H17FN2O/c1-9-6-14(13(16)8-12(9)15)17-10(2)7-11-4-3-5-18-11/h3-6,8,10,17H,7,16H2,1-2H3. The SMILES string of the molecule is Cc1cc(NC(C)Cc2ccco2)c(N)cc1F. The first kappa shape index (κ1) is 12.5. The van der Waals surface area contributed by atoms with Crippen molar-refractivity contribution < 1.29 is 8.81 Å². The molecule has 0 aliphatic carbocycles. The van der Waals surface area contributed by atoms with Crippen molar-refractivity contribution in [2.75, 3.05) is 11.1 Å². The van der Waals surface area contributed by atoms with Gasteiger partial charge in [-0.05, 0) is 43.7 Å². The molecule has 1 atom stereocenters. The van der Waals surface area contributed by atoms with Gasteiger partial charge in [-0.2, -0.15) is 0 Å². The fraction of sp³-hybridized carbons (Fsp3) is 0.286. The van der Waals surface area contributed by atoms with Crippen molar-refractivity contribution in [3.8, 4) is 0 Å². The summed E-state index contributed by atoms with van der Waals surface area (Å²) < 4.78 is 18.6. The van der Waals surface area contributed by atoms with Gasteiger partial charge >= 0.3 is 0 Å². The van der Waals surface area contributed by atoms with E-state index in [0.717, 1.165) is 17.9 Å². The molecule has 0 aliphatic rings. The maximum atomic E-state index is 13.3. The highest BCUT2D eigenvalue weighted by atomic mass is 19.1. The first-order chi connectivity index (χ1) is 8.56. The number of benzene rings is 1. The van der Waals surface area contributed by atoms with E-state index in [9.17, 15) is 4.39 Å². The van der Waals surface area contributed by atoms with E-state index in [1.54, 1.807) is 19.3 Å². The van der Waals surface area contributed by atoms with Gasteiger partial charge in [0.25, 0.3) is 0 Å². The Hall–Kier alpha value is -1.97. The van der Waals surface area contributed by atoms with E-state index >= 15 is 0 Å². The minimum absolute atomic E-state index is 0.156. The van der Waals surface area contributed by atoms with Crippen LogP contribution in [0.25, 0.3) is 0 Å². The van der Waals surface area contributed by atoms with Gasteiger partial charge in [0.05, 0.1) is 17.6 Å². The van der Waals surface area contributed by atoms with Gasteiger partial charge in [0.15, 0.2) is 0 Å². The maximum Gasteiger partial charge on any atom is 0.128 e. The number of nitrogen functional groups attached to an aromatic ring is 1. The Morgan fingerprint density at radius 3 is 2.89 bits per heavy atom. The monoisotopic (exact) mass is 248 g/mol. The summed E-state index contributed by atoms with van der Waals surface area (Å²) in [5.74, 6) is 0.629. The van der Waals surface area contributed by atoms with Crippen LogP contribution in [0.1, 0.15) is 18.2 Å². The highest BCUT2D eigenvalue weighted by molar-refractivity contribution is 5.67. The molecule has 2 aromatic rings. The molecule has 2 rings (SSSR count). The van der Waals surface area contributed by atoms with Crippen molar-refractivity contribution in [1.29, 1.82) is 0 Å². The number of rotatable bonds is 4. The summed E-state index contributed by atoms with van der Waals surface area (Å²) in [5.41, 5.74) is 7.54. The van der Waals surface area contributed by atoms with E-state index in [4.69, 9.17) is 10.2 Å². The van der Waals surface area contributed by atoms with Crippen molar-refractivity contribution in [2.45, 2.75) is 26.3 Å². The number of furan rings is 1. The first-order valence-electron chi connectivity index (χ1n) is 5.91. The van der Waals surface area contributed by atoms with E-state index in [-0.39, 0.29) is 11.9 Å². The van der Waals surface area contributed by atoms with Crippen LogP contribution < -0.4 is 11.1 Å². The van der Waals surface area contributed by atoms with E-state index in [2.05, 4.69) is 5.32 Å². The molecule has 0 saturated heterocycles. The molecule has 0 spiro atoms. The average Bonchev–Trinajstić information content (AvgIpc) is 2.78. The average molecular weight is 248 g/mol. The number of nitrogens with one attached hydrogen (secondary N) is 1. The molecule has 0 fully saturated rings. The Balaban J connectivity index is 2.07. The van der Waals surface area contributed by atoms with Crippen LogP contribution in [0.4, 0.5) is 15.8 Å². The van der Waals surface area contributed by atoms with Crippen molar-refractivity contribution in [3.05, 3.63) is 47.7 Å². The lowest BCUT2D eigenvalue weighted by atomic mass is 10.1. The lowest BCUT2D eigenvalue weighted by Gasteiger charge is -2.16. The Bertz CT molecular complexity index is 523. The number of nitrogens with two attached hydrogens (primary N) is 1. The van der Waals surface area contributed by atoms with E-state index in [1.165, 1.54) is 6.07 Å². The summed E-state index contributed by atoms with van der Waals surface area (Å²) in [7, 11) is 0. The molecule has 0 saturated carbocycles. The summed E-state index contributed by atoms with van der Waals surface area (Å²) in [6.45, 7) is 3.75. The molecule has 1 heterocycles. The van der Waals surface area contributed by atoms with Crippen LogP contribution in [0, 0.1) is 12.7 Å². The number of hydrogen-bond acceptors (Lipinski definition) is 3. The molecule has 3 N–H and O–H groups in total. The van der Waals surface area contributed by atoms with Crippen molar-refractivity contribution in [3.63, 3.8) is 0 Å². The fourth-order valence-corrected chi connectivity index (χ4v) is 1.87. The lowest BCUT2D eigenvalue weighted by Crippen LogP contribution is -2.18. The van der Waals surface area contributed by atoms with Crippen molar-refractivity contribution in [2.24, 2.45) is 0 Å². The van der Waals surface area contributed by atoms with E-state index in [0.29, 0.717) is 11.3 Å². The second-order valence-corrected chi connectivity index (χ2v) is 4.52. The predicted molar refractivity (Wildman–Crippen MR) is 71.0 cm³/mol. The molecule has 0 bridgehead atoms. The highest BCUT2D eigenvalue weighted by Gasteiger charge is 2.09. The second kappa shape index (κ2) is 5.12. The van der Waals surface area contributed by atoms with Gasteiger partial charge in [-0.1, -0.05) is 0 Å². The molecule has 0 amide bonds. The Morgan fingerprint density at radius 1 is 1.44 bits per heavy atom. The van der Waals surface area contributed by atoms with Gasteiger partial charge in [-0.15, -0.1) is 0 Å². The molecule has 0 aliphatic heterocycles. The molecule has 1 unspecified atom stereocenters. The third kappa shape index (κ3) is 2.83. The van der Waals surface area contributed by atoms with Crippen LogP contribution in [-0.4, -0.2) is 6.04 Å². The Labute approximate surface area is 106 Å². The molecule has 0 radical (unpaired) electrons. The van der Waals surface area contributed by atoms with E-state index in [1.807, 2.05) is 19.1 Å². The van der Waals surface area contributed by atoms with E-state index < -0.39 is 0 Å². The third-order valence-corrected chi connectivity index (χ3v) is 2.82. The van der Waals surface area contributed by atoms with Gasteiger partial charge in [0, 0.05) is 12.5 Å². The molecule has 1 aromatic heterocycles. The summed E-state index contributed by atoms with van der Waals surface area (Å²) in [4.78, 5) is 0. The Morgan fingerprint density at radius 2 is 2.22 bits per heavy atom. The van der Waals surface area contributed by atoms with Gasteiger partial charge in [0.2, 0.25) is 0 Å². The number of halogens is 1. The summed E-state index contributed by atoms with van der Waals surface area (Å²) >= 11 is 0. The predicted octanol–water partition coefficient (Wildman–Crippen LogP) is 3.35. The number of aryl methyl sites for hydroxylation is 1. The van der Waals surface area contributed by atoms with Crippen molar-refractivity contribution in [1.82, 2.24) is 0 Å². The molecule has 96 valence electrons. The van der Waals surface area contributed by atoms with Crippen LogP contribution in [0.5, 0.6) is 0 Å². The summed E-state index contributed by atoms with van der Waals surface area (Å²) in [6.07, 6.45) is 2.40. The molecular weight excluding hydrogens is 231 g/mol. The van der Waals surface area contributed by atoms with Gasteiger partial charge in [-0.25, -0.2) is 4.39 Å². The summed E-state index contributed by atoms with van der Waals surface area (Å²) in [6, 6.07) is 7.01. The molecule has 4 heteroatoms. The maximum absolute atomic E-state index is 13.3. The molecule has 1 aromatic carbocycles. The minimum Gasteiger partial charge on any atom is -0.469 e. The van der Waals surface area contributed by atoms with Gasteiger partial charge in [-0.3, -0.25) is 0 Å². The van der Waals surface area contributed by atoms with Gasteiger partial charge in [0.1, 0.15) is 11.6 Å². The van der Waals surface area contributed by atoms with Crippen LogP contribution >= 0.6 is 0 Å². The largest absolute Gasteiger partial charge is 0.469 e. The molecular formula is C14H17FN2O. The molecule has 3 nitrogen and oxygen atoms in total. The zero-order valence-electron chi connectivity index (χ0n) is 10.5. The van der Waals surface area contributed by atoms with Crippen LogP contribution in [0.3, 0.4) is 0 Å². The number of anilines is 2. The number of hydrogen-bond donors (Lipinski definition) is 2. The highest BCUT2D eigenvalue weighted by Crippen LogP contribution is 2.23. The quantitative estimate of drug-likeness (QED) is 0.816. The normalized spacial score (nSPS) is 12.4. The van der Waals surface area contributed by atoms with Crippen LogP contribution in [0.15, 0.2) is 34.9 Å². The topological polar surface area (TPSA) is 51.2 Å². The third-order valence-electron chi connectivity index (χ3n) is 2.82. The second-order valence-electron chi connectivity index (χ2n) is 4.52. The van der Waals surface area contributed by atoms with Gasteiger partial charge < -0.3 is 15.5 Å². The summed E-state index contributed by atoms with van der Waals surface area (Å²) in [5, 5.41) is 3.26. The smallest absolute Gasteiger partial charge is 0.128 e. The Kier molecular flexibility index (Phi) is 3.55. The van der Waals surface area contributed by atoms with Crippen molar-refractivity contribution >= 4 is 11.4 Å². The lowest BCUT2D eigenvalue weighted by molar-refractivity contribution is 0.498. The fourth-order valence-electron chi connectivity index (χ4n) is 1.87. The molecule has 18 heavy (non-hydrogen) atoms. The van der Waals surface area contributed by atoms with Crippen LogP contribution in [-0.2, 0) is 6.42 Å². The first-order valence-corrected chi connectivity index (χ1v) is 5.91. The zero-order chi connectivity index (χ0) is 13.1. The minimum atomic E-state index is -0.281. The van der Waals surface area contributed by atoms with Crippen LogP contribution in [0.2, 0.25) is 0 Å². The zero-order valence-corrected chi connectivity index (χ0v) is 10.5.